The molecule has 1 atom stereocenters. The van der Waals surface area contributed by atoms with Crippen LogP contribution >= 0.6 is 0 Å². The molecule has 0 radical (unpaired) electrons. The number of fused-ring (bicyclic) bond motifs is 1. The Morgan fingerprint density at radius 3 is 2.17 bits per heavy atom. The molecule has 3 rings (SSSR count). The quantitative estimate of drug-likeness (QED) is 0.693. The molecule has 0 saturated heterocycles. The zero-order chi connectivity index (χ0) is 17.5. The van der Waals surface area contributed by atoms with Crippen molar-refractivity contribution in [1.29, 1.82) is 0 Å². The van der Waals surface area contributed by atoms with Crippen LogP contribution in [0.3, 0.4) is 0 Å². The first-order chi connectivity index (χ1) is 11.2. The van der Waals surface area contributed by atoms with Crippen LogP contribution < -0.4 is 5.73 Å². The molecule has 128 valence electrons. The lowest BCUT2D eigenvalue weighted by atomic mass is 9.75. The fourth-order valence-corrected chi connectivity index (χ4v) is 4.05. The summed E-state index contributed by atoms with van der Waals surface area (Å²) >= 11 is 0. The van der Waals surface area contributed by atoms with E-state index < -0.39 is 0 Å². The smallest absolute Gasteiger partial charge is 0.0314 e. The highest BCUT2D eigenvalue weighted by molar-refractivity contribution is 5.43. The van der Waals surface area contributed by atoms with Gasteiger partial charge in [0.1, 0.15) is 0 Å². The Bertz CT molecular complexity index is 717. The maximum Gasteiger partial charge on any atom is 0.0314 e. The highest BCUT2D eigenvalue weighted by Crippen LogP contribution is 2.43. The van der Waals surface area contributed by atoms with Gasteiger partial charge in [-0.3, -0.25) is 0 Å². The molecule has 0 aromatic heterocycles. The zero-order valence-corrected chi connectivity index (χ0v) is 15.8. The van der Waals surface area contributed by atoms with E-state index in [1.165, 1.54) is 30.4 Å². The summed E-state index contributed by atoms with van der Waals surface area (Å²) in [5, 5.41) is 0. The summed E-state index contributed by atoms with van der Waals surface area (Å²) in [5.74, 6) is 0.668. The first-order valence-electron chi connectivity index (χ1n) is 9.16. The molecule has 2 N–H and O–H groups in total. The van der Waals surface area contributed by atoms with E-state index in [0.717, 1.165) is 5.69 Å². The van der Waals surface area contributed by atoms with Crippen molar-refractivity contribution in [3.8, 4) is 0 Å². The van der Waals surface area contributed by atoms with Crippen LogP contribution in [0.1, 0.15) is 75.6 Å². The molecule has 0 fully saturated rings. The van der Waals surface area contributed by atoms with Crippen LogP contribution in [0, 0.1) is 0 Å². The van der Waals surface area contributed by atoms with E-state index in [2.05, 4.69) is 65.0 Å². The fourth-order valence-electron chi connectivity index (χ4n) is 4.05. The Kier molecular flexibility index (Phi) is 4.23. The number of benzene rings is 2. The second-order valence-electron chi connectivity index (χ2n) is 9.11. The number of nitrogens with two attached hydrogens (primary N) is 1. The molecular formula is C23H31N. The highest BCUT2D eigenvalue weighted by atomic mass is 14.5. The first-order valence-corrected chi connectivity index (χ1v) is 9.16. The highest BCUT2D eigenvalue weighted by Gasteiger charge is 2.31. The van der Waals surface area contributed by atoms with Gasteiger partial charge in [0, 0.05) is 5.69 Å². The van der Waals surface area contributed by atoms with Crippen molar-refractivity contribution in [3.63, 3.8) is 0 Å². The average Bonchev–Trinajstić information content (AvgIpc) is 2.88. The standard InChI is InChI=1S/C23H31N/c1-22(2,3)19-10-13-21-16(14-19)6-7-17(21)15-23(4,5)18-8-11-20(24)12-9-18/h8-14,17H,6-7,15,24H2,1-5H3. The van der Waals surface area contributed by atoms with Crippen molar-refractivity contribution in [2.45, 2.75) is 70.6 Å². The molecule has 1 aliphatic rings. The van der Waals surface area contributed by atoms with Gasteiger partial charge in [0.05, 0.1) is 0 Å². The maximum absolute atomic E-state index is 5.85. The lowest BCUT2D eigenvalue weighted by molar-refractivity contribution is 0.422. The summed E-state index contributed by atoms with van der Waals surface area (Å²) in [6.45, 7) is 11.6. The van der Waals surface area contributed by atoms with Gasteiger partial charge in [-0.1, -0.05) is 65.0 Å². The molecule has 0 spiro atoms. The monoisotopic (exact) mass is 321 g/mol. The van der Waals surface area contributed by atoms with Gasteiger partial charge in [0.2, 0.25) is 0 Å². The summed E-state index contributed by atoms with van der Waals surface area (Å²) in [6, 6.07) is 15.6. The van der Waals surface area contributed by atoms with E-state index in [1.54, 1.807) is 11.1 Å². The normalized spacial score (nSPS) is 17.8. The predicted molar refractivity (Wildman–Crippen MR) is 105 cm³/mol. The summed E-state index contributed by atoms with van der Waals surface area (Å²) in [6.07, 6.45) is 3.70. The molecule has 0 amide bonds. The van der Waals surface area contributed by atoms with Crippen molar-refractivity contribution < 1.29 is 0 Å². The van der Waals surface area contributed by atoms with Gasteiger partial charge in [-0.15, -0.1) is 0 Å². The minimum absolute atomic E-state index is 0.169. The van der Waals surface area contributed by atoms with Crippen molar-refractivity contribution >= 4 is 5.69 Å². The van der Waals surface area contributed by atoms with E-state index in [1.807, 2.05) is 12.1 Å². The summed E-state index contributed by atoms with van der Waals surface area (Å²) in [7, 11) is 0. The Hall–Kier alpha value is -1.76. The van der Waals surface area contributed by atoms with Crippen molar-refractivity contribution in [1.82, 2.24) is 0 Å². The minimum Gasteiger partial charge on any atom is -0.399 e. The van der Waals surface area contributed by atoms with Crippen molar-refractivity contribution in [2.75, 3.05) is 5.73 Å². The van der Waals surface area contributed by atoms with Crippen LogP contribution in [0.5, 0.6) is 0 Å². The van der Waals surface area contributed by atoms with E-state index >= 15 is 0 Å². The van der Waals surface area contributed by atoms with Crippen LogP contribution in [0.15, 0.2) is 42.5 Å². The second kappa shape index (κ2) is 5.95. The summed E-state index contributed by atoms with van der Waals surface area (Å²) in [5.41, 5.74) is 13.1. The van der Waals surface area contributed by atoms with Crippen molar-refractivity contribution in [2.24, 2.45) is 0 Å². The second-order valence-corrected chi connectivity index (χ2v) is 9.11. The largest absolute Gasteiger partial charge is 0.399 e. The van der Waals surface area contributed by atoms with E-state index in [0.29, 0.717) is 5.92 Å². The molecule has 1 unspecified atom stereocenters. The summed E-state index contributed by atoms with van der Waals surface area (Å²) < 4.78 is 0. The third-order valence-electron chi connectivity index (χ3n) is 5.66. The van der Waals surface area contributed by atoms with E-state index in [9.17, 15) is 0 Å². The van der Waals surface area contributed by atoms with Gasteiger partial charge in [0.25, 0.3) is 0 Å². The minimum atomic E-state index is 0.169. The number of rotatable bonds is 3. The van der Waals surface area contributed by atoms with Crippen molar-refractivity contribution in [3.05, 3.63) is 64.7 Å². The van der Waals surface area contributed by atoms with Gasteiger partial charge in [-0.2, -0.15) is 0 Å². The van der Waals surface area contributed by atoms with Crippen LogP contribution in [0.2, 0.25) is 0 Å². The third-order valence-corrected chi connectivity index (χ3v) is 5.66. The Morgan fingerprint density at radius 1 is 0.917 bits per heavy atom. The lowest BCUT2D eigenvalue weighted by Gasteiger charge is -2.29. The SMILES string of the molecule is CC(C)(C)c1ccc2c(c1)CCC2CC(C)(C)c1ccc(N)cc1. The molecule has 24 heavy (non-hydrogen) atoms. The molecule has 2 aromatic carbocycles. The molecule has 0 aliphatic heterocycles. The Labute approximate surface area is 147 Å². The van der Waals surface area contributed by atoms with Crippen LogP contribution in [0.25, 0.3) is 0 Å². The fraction of sp³-hybridized carbons (Fsp3) is 0.478. The van der Waals surface area contributed by atoms with Gasteiger partial charge in [0.15, 0.2) is 0 Å². The van der Waals surface area contributed by atoms with Gasteiger partial charge < -0.3 is 5.73 Å². The molecular weight excluding hydrogens is 290 g/mol. The van der Waals surface area contributed by atoms with Crippen LogP contribution in [-0.2, 0) is 17.3 Å². The molecule has 1 nitrogen and oxygen atoms in total. The summed E-state index contributed by atoms with van der Waals surface area (Å²) in [4.78, 5) is 0. The number of anilines is 1. The number of hydrogen-bond acceptors (Lipinski definition) is 1. The molecule has 1 heteroatoms. The average molecular weight is 322 g/mol. The van der Waals surface area contributed by atoms with Crippen LogP contribution in [0.4, 0.5) is 5.69 Å². The van der Waals surface area contributed by atoms with Gasteiger partial charge in [-0.25, -0.2) is 0 Å². The molecule has 0 bridgehead atoms. The molecule has 0 saturated carbocycles. The zero-order valence-electron chi connectivity index (χ0n) is 15.8. The van der Waals surface area contributed by atoms with Gasteiger partial charge >= 0.3 is 0 Å². The third kappa shape index (κ3) is 3.36. The first kappa shape index (κ1) is 17.1. The van der Waals surface area contributed by atoms with E-state index in [4.69, 9.17) is 5.73 Å². The maximum atomic E-state index is 5.85. The lowest BCUT2D eigenvalue weighted by Crippen LogP contribution is -2.20. The number of hydrogen-bond donors (Lipinski definition) is 1. The van der Waals surface area contributed by atoms with Crippen LogP contribution in [-0.4, -0.2) is 0 Å². The Balaban J connectivity index is 1.82. The predicted octanol–water partition coefficient (Wildman–Crippen LogP) is 5.96. The van der Waals surface area contributed by atoms with E-state index in [-0.39, 0.29) is 10.8 Å². The number of nitrogen functional groups attached to an aromatic ring is 1. The molecule has 1 aliphatic carbocycles. The Morgan fingerprint density at radius 2 is 1.54 bits per heavy atom. The molecule has 2 aromatic rings. The van der Waals surface area contributed by atoms with Gasteiger partial charge in [-0.05, 0) is 70.4 Å². The number of aryl methyl sites for hydroxylation is 1. The molecule has 0 heterocycles. The topological polar surface area (TPSA) is 26.0 Å².